The third kappa shape index (κ3) is 8.96. The summed E-state index contributed by atoms with van der Waals surface area (Å²) in [6.45, 7) is 2.14. The summed E-state index contributed by atoms with van der Waals surface area (Å²) in [7, 11) is 3.01. The van der Waals surface area contributed by atoms with E-state index in [4.69, 9.17) is 46.9 Å². The quantitative estimate of drug-likeness (QED) is 0.107. The molecule has 2 bridgehead atoms. The molecule has 3 aliphatic heterocycles. The zero-order chi connectivity index (χ0) is 36.6. The Morgan fingerprint density at radius 2 is 1.62 bits per heavy atom. The molecule has 52 heavy (non-hydrogen) atoms. The predicted molar refractivity (Wildman–Crippen MR) is 195 cm³/mol. The number of hydrogen-bond acceptors (Lipinski definition) is 11. The van der Waals surface area contributed by atoms with Gasteiger partial charge in [-0.05, 0) is 78.9 Å². The van der Waals surface area contributed by atoms with Gasteiger partial charge in [0, 0.05) is 31.0 Å². The van der Waals surface area contributed by atoms with Crippen molar-refractivity contribution in [1.29, 1.82) is 0 Å². The lowest BCUT2D eigenvalue weighted by Crippen LogP contribution is -2.52. The van der Waals surface area contributed by atoms with Crippen molar-refractivity contribution in [2.24, 2.45) is 5.92 Å². The van der Waals surface area contributed by atoms with Gasteiger partial charge >= 0.3 is 17.9 Å². The summed E-state index contributed by atoms with van der Waals surface area (Å²) < 4.78 is 28.1. The van der Waals surface area contributed by atoms with Crippen molar-refractivity contribution in [1.82, 2.24) is 9.88 Å². The van der Waals surface area contributed by atoms with Crippen LogP contribution in [0.1, 0.15) is 52.0 Å². The number of pyridine rings is 1. The summed E-state index contributed by atoms with van der Waals surface area (Å²) in [5.41, 5.74) is 2.48. The topological polar surface area (TPSA) is 126 Å². The van der Waals surface area contributed by atoms with Crippen molar-refractivity contribution < 1.29 is 38.1 Å². The molecule has 0 spiro atoms. The number of rotatable bonds is 14. The van der Waals surface area contributed by atoms with E-state index in [-0.39, 0.29) is 24.1 Å². The zero-order valence-electron chi connectivity index (χ0n) is 28.8. The minimum absolute atomic E-state index is 0.105. The number of anilines is 1. The molecule has 4 aromatic rings. The van der Waals surface area contributed by atoms with E-state index in [1.54, 1.807) is 42.5 Å². The van der Waals surface area contributed by atoms with Crippen LogP contribution in [0.25, 0.3) is 0 Å². The smallest absolute Gasteiger partial charge is 0.344 e. The molecule has 3 fully saturated rings. The number of hydrogen-bond donors (Lipinski definition) is 1. The number of carbonyl (C=O) groups is 3. The number of benzene rings is 3. The molecule has 272 valence electrons. The summed E-state index contributed by atoms with van der Waals surface area (Å²) in [6, 6.07) is 20.1. The molecule has 0 aliphatic carbocycles. The van der Waals surface area contributed by atoms with Gasteiger partial charge in [-0.3, -0.25) is 9.88 Å². The molecule has 3 saturated heterocycles. The molecule has 2 unspecified atom stereocenters. The van der Waals surface area contributed by atoms with Gasteiger partial charge in [0.1, 0.15) is 12.2 Å². The highest BCUT2D eigenvalue weighted by molar-refractivity contribution is 6.35. The second kappa shape index (κ2) is 17.1. The normalized spacial score (nSPS) is 18.8. The molecule has 13 heteroatoms. The van der Waals surface area contributed by atoms with Crippen molar-refractivity contribution >= 4 is 46.8 Å². The molecular weight excluding hydrogens is 709 g/mol. The van der Waals surface area contributed by atoms with Crippen LogP contribution in [0.3, 0.4) is 0 Å². The minimum atomic E-state index is -0.883. The second-order valence-corrected chi connectivity index (χ2v) is 13.5. The first-order valence-electron chi connectivity index (χ1n) is 16.9. The Hall–Kier alpha value is -4.84. The van der Waals surface area contributed by atoms with Crippen LogP contribution < -0.4 is 14.8 Å². The van der Waals surface area contributed by atoms with Gasteiger partial charge in [-0.25, -0.2) is 14.4 Å². The van der Waals surface area contributed by atoms with Gasteiger partial charge in [-0.1, -0.05) is 65.7 Å². The largest absolute Gasteiger partial charge is 0.493 e. The highest BCUT2D eigenvalue weighted by Gasteiger charge is 2.38. The number of carbonyl (C=O) groups excluding carboxylic acids is 3. The number of fused-ring (bicyclic) bond motifs is 3. The number of ether oxygens (including phenoxy) is 5. The Balaban J connectivity index is 1.13. The Kier molecular flexibility index (Phi) is 12.2. The van der Waals surface area contributed by atoms with Crippen LogP contribution in [0.5, 0.6) is 11.5 Å². The maximum Gasteiger partial charge on any atom is 0.344 e. The lowest BCUT2D eigenvalue weighted by molar-refractivity contribution is -0.160. The molecule has 0 saturated carbocycles. The molecule has 3 aromatic carbocycles. The van der Waals surface area contributed by atoms with Crippen molar-refractivity contribution in [3.63, 3.8) is 0 Å². The average Bonchev–Trinajstić information content (AvgIpc) is 3.17. The Bertz CT molecular complexity index is 1870. The Morgan fingerprint density at radius 3 is 2.29 bits per heavy atom. The van der Waals surface area contributed by atoms with E-state index in [0.29, 0.717) is 44.3 Å². The van der Waals surface area contributed by atoms with Gasteiger partial charge in [-0.15, -0.1) is 0 Å². The first-order chi connectivity index (χ1) is 25.2. The number of aromatic nitrogens is 1. The SMILES string of the molecule is COc1ccc(C(Cc2c(Cl)cncc2Cl)OC(=O)COC(=O)c2cccc(NC(C(=O)O[C@H]3CN4CCC3CC4)c3ccccc3)c2)cc1OC. The second-order valence-electron chi connectivity index (χ2n) is 12.6. The van der Waals surface area contributed by atoms with Crippen LogP contribution in [-0.4, -0.2) is 74.4 Å². The standard InChI is InChI=1S/C39H39Cl2N3O8/c1-48-32-12-11-26(18-34(32)49-2)33(19-29-30(40)20-42-21-31(29)41)51-36(45)23-50-38(46)27-9-6-10-28(17-27)43-37(25-7-4-3-5-8-25)39(47)52-35-22-44-15-13-24(35)14-16-44/h3-12,17-18,20-21,24,33,35,37,43H,13-16,19,22-23H2,1-2H3/t33?,35-,37?/m0/s1. The van der Waals surface area contributed by atoms with Crippen LogP contribution in [-0.2, 0) is 30.2 Å². The predicted octanol–water partition coefficient (Wildman–Crippen LogP) is 6.88. The van der Waals surface area contributed by atoms with Gasteiger partial charge in [0.15, 0.2) is 24.1 Å². The van der Waals surface area contributed by atoms with Gasteiger partial charge in [0.05, 0.1) is 29.8 Å². The van der Waals surface area contributed by atoms with E-state index in [9.17, 15) is 14.4 Å². The van der Waals surface area contributed by atoms with Gasteiger partial charge in [0.25, 0.3) is 0 Å². The average molecular weight is 749 g/mol. The molecule has 7 rings (SSSR count). The number of halogens is 2. The van der Waals surface area contributed by atoms with Crippen LogP contribution in [0.4, 0.5) is 5.69 Å². The van der Waals surface area contributed by atoms with E-state index in [1.165, 1.54) is 26.6 Å². The van der Waals surface area contributed by atoms with Crippen molar-refractivity contribution in [2.75, 3.05) is 45.8 Å². The molecule has 4 heterocycles. The maximum atomic E-state index is 13.6. The van der Waals surface area contributed by atoms with Crippen LogP contribution in [0.15, 0.2) is 85.2 Å². The monoisotopic (exact) mass is 747 g/mol. The number of esters is 3. The third-order valence-electron chi connectivity index (χ3n) is 9.36. The van der Waals surface area contributed by atoms with Gasteiger partial charge < -0.3 is 29.0 Å². The zero-order valence-corrected chi connectivity index (χ0v) is 30.3. The molecular formula is C39H39Cl2N3O8. The molecule has 11 nitrogen and oxygen atoms in total. The highest BCUT2D eigenvalue weighted by Crippen LogP contribution is 2.36. The highest BCUT2D eigenvalue weighted by atomic mass is 35.5. The number of methoxy groups -OCH3 is 2. The van der Waals surface area contributed by atoms with Crippen LogP contribution >= 0.6 is 23.2 Å². The molecule has 1 aromatic heterocycles. The van der Waals surface area contributed by atoms with Gasteiger partial charge in [-0.2, -0.15) is 0 Å². The first-order valence-corrected chi connectivity index (χ1v) is 17.7. The fourth-order valence-corrected chi connectivity index (χ4v) is 7.11. The summed E-state index contributed by atoms with van der Waals surface area (Å²) in [6.07, 6.45) is 4.00. The third-order valence-corrected chi connectivity index (χ3v) is 10.0. The van der Waals surface area contributed by atoms with Crippen LogP contribution in [0.2, 0.25) is 10.0 Å². The number of nitrogens with zero attached hydrogens (tertiary/aromatic N) is 2. The van der Waals surface area contributed by atoms with E-state index in [0.717, 1.165) is 38.0 Å². The Morgan fingerprint density at radius 1 is 0.885 bits per heavy atom. The lowest BCUT2D eigenvalue weighted by atomic mass is 9.86. The first kappa shape index (κ1) is 36.9. The van der Waals surface area contributed by atoms with E-state index < -0.39 is 30.7 Å². The molecule has 3 atom stereocenters. The lowest BCUT2D eigenvalue weighted by Gasteiger charge is -2.44. The number of nitrogens with one attached hydrogen (secondary N) is 1. The fraction of sp³-hybridized carbons (Fsp3) is 0.333. The van der Waals surface area contributed by atoms with E-state index in [2.05, 4.69) is 15.2 Å². The maximum absolute atomic E-state index is 13.6. The fourth-order valence-electron chi connectivity index (χ4n) is 6.59. The summed E-state index contributed by atoms with van der Waals surface area (Å²) in [5.74, 6) is -0.675. The van der Waals surface area contributed by atoms with Crippen molar-refractivity contribution in [3.05, 3.63) is 117 Å². The van der Waals surface area contributed by atoms with E-state index >= 15 is 0 Å². The number of piperidine rings is 3. The van der Waals surface area contributed by atoms with Crippen molar-refractivity contribution in [3.8, 4) is 11.5 Å². The van der Waals surface area contributed by atoms with Crippen LogP contribution in [0, 0.1) is 5.92 Å². The molecule has 1 N–H and O–H groups in total. The van der Waals surface area contributed by atoms with Gasteiger partial charge in [0.2, 0.25) is 0 Å². The summed E-state index contributed by atoms with van der Waals surface area (Å²) in [4.78, 5) is 46.3. The summed E-state index contributed by atoms with van der Waals surface area (Å²) >= 11 is 12.8. The van der Waals surface area contributed by atoms with Crippen molar-refractivity contribution in [2.45, 2.75) is 37.5 Å². The minimum Gasteiger partial charge on any atom is -0.493 e. The molecule has 0 radical (unpaired) electrons. The summed E-state index contributed by atoms with van der Waals surface area (Å²) in [5, 5.41) is 3.85. The Labute approximate surface area is 312 Å². The molecule has 3 aliphatic rings. The van der Waals surface area contributed by atoms with E-state index in [1.807, 2.05) is 30.3 Å². The molecule has 0 amide bonds.